The van der Waals surface area contributed by atoms with Gasteiger partial charge in [-0.25, -0.2) is 0 Å². The maximum Gasteiger partial charge on any atom is 0.0225 e. The van der Waals surface area contributed by atoms with Gasteiger partial charge in [0.1, 0.15) is 0 Å². The molecule has 3 heteroatoms. The van der Waals surface area contributed by atoms with Gasteiger partial charge in [-0.2, -0.15) is 11.8 Å². The number of likely N-dealkylation sites (tertiary alicyclic amines) is 1. The van der Waals surface area contributed by atoms with Crippen LogP contribution in [0, 0.1) is 5.92 Å². The Kier molecular flexibility index (Phi) is 6.32. The highest BCUT2D eigenvalue weighted by atomic mass is 32.2. The largest absolute Gasteiger partial charge is 0.313 e. The Morgan fingerprint density at radius 2 is 2.18 bits per heavy atom. The fraction of sp³-hybridized carbons (Fsp3) is 1.00. The molecule has 0 aromatic carbocycles. The van der Waals surface area contributed by atoms with Gasteiger partial charge in [-0.15, -0.1) is 0 Å². The lowest BCUT2D eigenvalue weighted by molar-refractivity contribution is 0.156. The molecule has 1 fully saturated rings. The van der Waals surface area contributed by atoms with Crippen molar-refractivity contribution in [3.63, 3.8) is 0 Å². The zero-order valence-corrected chi connectivity index (χ0v) is 13.1. The molecule has 0 radical (unpaired) electrons. The van der Waals surface area contributed by atoms with Crippen molar-refractivity contribution in [3.8, 4) is 0 Å². The maximum atomic E-state index is 3.74. The monoisotopic (exact) mass is 258 g/mol. The lowest BCUT2D eigenvalue weighted by Crippen LogP contribution is -2.47. The lowest BCUT2D eigenvalue weighted by Gasteiger charge is -2.36. The van der Waals surface area contributed by atoms with Crippen LogP contribution in [-0.2, 0) is 0 Å². The average molecular weight is 258 g/mol. The summed E-state index contributed by atoms with van der Waals surface area (Å²) in [5, 5.41) is 3.74. The molecule has 0 aromatic rings. The van der Waals surface area contributed by atoms with Gasteiger partial charge in [0.05, 0.1) is 0 Å². The highest BCUT2D eigenvalue weighted by molar-refractivity contribution is 7.99. The van der Waals surface area contributed by atoms with E-state index in [4.69, 9.17) is 0 Å². The number of thioether (sulfide) groups is 1. The third kappa shape index (κ3) is 5.19. The molecule has 102 valence electrons. The minimum atomic E-state index is 0.355. The Balaban J connectivity index is 2.34. The number of rotatable bonds is 6. The molecular weight excluding hydrogens is 228 g/mol. The molecule has 0 aromatic heterocycles. The molecule has 2 unspecified atom stereocenters. The Hall–Kier alpha value is 0.270. The van der Waals surface area contributed by atoms with Gasteiger partial charge in [-0.1, -0.05) is 6.92 Å². The third-order valence-electron chi connectivity index (χ3n) is 4.10. The van der Waals surface area contributed by atoms with Crippen LogP contribution in [0.4, 0.5) is 0 Å². The van der Waals surface area contributed by atoms with E-state index in [1.54, 1.807) is 0 Å². The number of hydrogen-bond acceptors (Lipinski definition) is 3. The van der Waals surface area contributed by atoms with Crippen LogP contribution in [0.5, 0.6) is 0 Å². The normalized spacial score (nSPS) is 24.9. The summed E-state index contributed by atoms with van der Waals surface area (Å²) in [7, 11) is 0. The Morgan fingerprint density at radius 3 is 2.76 bits per heavy atom. The van der Waals surface area contributed by atoms with Crippen molar-refractivity contribution in [1.29, 1.82) is 0 Å². The number of piperidine rings is 1. The zero-order valence-electron chi connectivity index (χ0n) is 12.3. The molecule has 1 rings (SSSR count). The van der Waals surface area contributed by atoms with E-state index >= 15 is 0 Å². The molecule has 2 atom stereocenters. The van der Waals surface area contributed by atoms with Gasteiger partial charge in [0, 0.05) is 23.9 Å². The first-order valence-corrected chi connectivity index (χ1v) is 8.22. The van der Waals surface area contributed by atoms with Crippen molar-refractivity contribution in [2.24, 2.45) is 5.92 Å². The minimum absolute atomic E-state index is 0.355. The highest BCUT2D eigenvalue weighted by Crippen LogP contribution is 2.22. The minimum Gasteiger partial charge on any atom is -0.313 e. The second-order valence-corrected chi connectivity index (χ2v) is 7.44. The van der Waals surface area contributed by atoms with Crippen molar-refractivity contribution in [1.82, 2.24) is 10.2 Å². The fourth-order valence-electron chi connectivity index (χ4n) is 2.43. The predicted molar refractivity (Wildman–Crippen MR) is 79.9 cm³/mol. The third-order valence-corrected chi connectivity index (χ3v) is 5.35. The van der Waals surface area contributed by atoms with Crippen molar-refractivity contribution >= 4 is 11.8 Å². The van der Waals surface area contributed by atoms with Crippen molar-refractivity contribution in [2.45, 2.75) is 51.3 Å². The van der Waals surface area contributed by atoms with Gasteiger partial charge in [-0.05, 0) is 58.9 Å². The molecule has 17 heavy (non-hydrogen) atoms. The van der Waals surface area contributed by atoms with E-state index in [1.807, 2.05) is 11.8 Å². The topological polar surface area (TPSA) is 15.3 Å². The zero-order chi connectivity index (χ0) is 12.9. The van der Waals surface area contributed by atoms with Gasteiger partial charge in [-0.3, -0.25) is 0 Å². The van der Waals surface area contributed by atoms with Gasteiger partial charge < -0.3 is 10.2 Å². The molecule has 1 N–H and O–H groups in total. The summed E-state index contributed by atoms with van der Waals surface area (Å²) in [6, 6.07) is 0.649. The molecule has 0 saturated carbocycles. The summed E-state index contributed by atoms with van der Waals surface area (Å²) in [4.78, 5) is 2.59. The number of hydrogen-bond donors (Lipinski definition) is 1. The summed E-state index contributed by atoms with van der Waals surface area (Å²) in [5.74, 6) is 0.835. The van der Waals surface area contributed by atoms with Gasteiger partial charge in [0.15, 0.2) is 0 Å². The van der Waals surface area contributed by atoms with Crippen LogP contribution in [0.2, 0.25) is 0 Å². The Bertz CT molecular complexity index is 218. The van der Waals surface area contributed by atoms with Crippen molar-refractivity contribution in [2.75, 3.05) is 32.4 Å². The highest BCUT2D eigenvalue weighted by Gasteiger charge is 2.25. The summed E-state index contributed by atoms with van der Waals surface area (Å²) >= 11 is 1.95. The summed E-state index contributed by atoms with van der Waals surface area (Å²) in [6.07, 6.45) is 4.96. The van der Waals surface area contributed by atoms with E-state index in [-0.39, 0.29) is 0 Å². The van der Waals surface area contributed by atoms with Crippen LogP contribution in [0.3, 0.4) is 0 Å². The number of nitrogens with zero attached hydrogens (tertiary/aromatic N) is 1. The molecule has 0 amide bonds. The summed E-state index contributed by atoms with van der Waals surface area (Å²) in [5.41, 5.74) is 0. The van der Waals surface area contributed by atoms with Gasteiger partial charge in [0.25, 0.3) is 0 Å². The summed E-state index contributed by atoms with van der Waals surface area (Å²) < 4.78 is 0.355. The second-order valence-electron chi connectivity index (χ2n) is 5.93. The fourth-order valence-corrected chi connectivity index (χ4v) is 2.66. The molecule has 1 saturated heterocycles. The predicted octanol–water partition coefficient (Wildman–Crippen LogP) is 2.84. The van der Waals surface area contributed by atoms with E-state index in [9.17, 15) is 0 Å². The van der Waals surface area contributed by atoms with E-state index in [1.165, 1.54) is 32.5 Å². The Morgan fingerprint density at radius 1 is 1.47 bits per heavy atom. The summed E-state index contributed by atoms with van der Waals surface area (Å²) in [6.45, 7) is 14.2. The quantitative estimate of drug-likeness (QED) is 0.789. The molecule has 0 spiro atoms. The first kappa shape index (κ1) is 15.3. The van der Waals surface area contributed by atoms with Crippen molar-refractivity contribution < 1.29 is 0 Å². The molecule has 2 nitrogen and oxygen atoms in total. The smallest absolute Gasteiger partial charge is 0.0225 e. The van der Waals surface area contributed by atoms with Gasteiger partial charge >= 0.3 is 0 Å². The average Bonchev–Trinajstić information content (AvgIpc) is 2.36. The van der Waals surface area contributed by atoms with Crippen LogP contribution in [-0.4, -0.2) is 48.1 Å². The van der Waals surface area contributed by atoms with Crippen LogP contribution < -0.4 is 5.32 Å². The lowest BCUT2D eigenvalue weighted by atomic mass is 9.91. The van der Waals surface area contributed by atoms with E-state index in [0.29, 0.717) is 10.8 Å². The van der Waals surface area contributed by atoms with E-state index in [0.717, 1.165) is 12.5 Å². The second kappa shape index (κ2) is 7.01. The first-order valence-electron chi connectivity index (χ1n) is 6.99. The molecule has 0 aliphatic carbocycles. The van der Waals surface area contributed by atoms with Crippen LogP contribution in [0.1, 0.15) is 40.5 Å². The molecule has 0 bridgehead atoms. The van der Waals surface area contributed by atoms with Crippen LogP contribution >= 0.6 is 11.8 Å². The molecule has 1 heterocycles. The van der Waals surface area contributed by atoms with E-state index in [2.05, 4.69) is 44.2 Å². The molecule has 1 aliphatic heterocycles. The molecular formula is C14H30N2S. The number of nitrogens with one attached hydrogen (secondary N) is 1. The van der Waals surface area contributed by atoms with Gasteiger partial charge in [0.2, 0.25) is 0 Å². The van der Waals surface area contributed by atoms with Crippen LogP contribution in [0.25, 0.3) is 0 Å². The van der Waals surface area contributed by atoms with Crippen molar-refractivity contribution in [3.05, 3.63) is 0 Å². The first-order chi connectivity index (χ1) is 7.98. The maximum absolute atomic E-state index is 3.74. The van der Waals surface area contributed by atoms with E-state index < -0.39 is 0 Å². The standard InChI is InChI=1S/C14H30N2S/c1-6-16-9-7-8-13(10-16)12(2)15-11-14(3,4)17-5/h12-13,15H,6-11H2,1-5H3. The SMILES string of the molecule is CCN1CCCC(C(C)NCC(C)(C)SC)C1. The molecule has 1 aliphatic rings. The van der Waals surface area contributed by atoms with Crippen LogP contribution in [0.15, 0.2) is 0 Å². The Labute approximate surface area is 112 Å².